The van der Waals surface area contributed by atoms with Crippen LogP contribution in [0.5, 0.6) is 5.75 Å². The summed E-state index contributed by atoms with van der Waals surface area (Å²) < 4.78 is 29.0. The van der Waals surface area contributed by atoms with E-state index in [1.54, 1.807) is 20.3 Å². The summed E-state index contributed by atoms with van der Waals surface area (Å²) in [5.41, 5.74) is -3.54. The van der Waals surface area contributed by atoms with Crippen LogP contribution in [-0.2, 0) is 29.2 Å². The number of rotatable bonds is 3. The van der Waals surface area contributed by atoms with Gasteiger partial charge in [0.1, 0.15) is 23.6 Å². The zero-order valence-electron chi connectivity index (χ0n) is 20.3. The average molecular weight is 487 g/mol. The number of fused-ring (bicyclic) bond motifs is 3. The van der Waals surface area contributed by atoms with Gasteiger partial charge in [-0.1, -0.05) is 12.1 Å². The minimum Gasteiger partial charge on any atom is -0.495 e. The highest BCUT2D eigenvalue weighted by Gasteiger charge is 2.94. The van der Waals surface area contributed by atoms with Gasteiger partial charge in [-0.25, -0.2) is 9.59 Å². The third-order valence-corrected chi connectivity index (χ3v) is 10.3. The number of para-hydroxylation sites is 1. The molecule has 5 heterocycles. The first kappa shape index (κ1) is 21.8. The number of carbonyl (C=O) groups excluding carboxylic acids is 2. The molecule has 188 valence electrons. The van der Waals surface area contributed by atoms with Gasteiger partial charge in [0.2, 0.25) is 5.60 Å². The normalized spacial score (nSPS) is 45.8. The first-order valence-corrected chi connectivity index (χ1v) is 12.2. The van der Waals surface area contributed by atoms with Gasteiger partial charge in [-0.15, -0.1) is 0 Å². The largest absolute Gasteiger partial charge is 0.495 e. The number of nitrogens with zero attached hydrogens (tertiary/aromatic N) is 2. The molecular weight excluding hydrogens is 456 g/mol. The van der Waals surface area contributed by atoms with Crippen LogP contribution in [0.2, 0.25) is 0 Å². The number of esters is 1. The van der Waals surface area contributed by atoms with E-state index in [1.165, 1.54) is 19.1 Å². The van der Waals surface area contributed by atoms with Crippen molar-refractivity contribution in [2.75, 3.05) is 39.9 Å². The van der Waals surface area contributed by atoms with Crippen LogP contribution in [-0.4, -0.2) is 92.7 Å². The van der Waals surface area contributed by atoms with E-state index in [2.05, 4.69) is 4.90 Å². The molecule has 1 aromatic rings. The van der Waals surface area contributed by atoms with Gasteiger partial charge < -0.3 is 28.8 Å². The van der Waals surface area contributed by atoms with Gasteiger partial charge in [-0.05, 0) is 30.9 Å². The number of ether oxygens (including phenoxy) is 5. The number of methoxy groups -OCH3 is 4. The summed E-state index contributed by atoms with van der Waals surface area (Å²) in [5, 5.41) is 12.8. The Kier molecular flexibility index (Phi) is 4.04. The topological polar surface area (TPSA) is 107 Å². The fourth-order valence-electron chi connectivity index (χ4n) is 9.63. The van der Waals surface area contributed by atoms with E-state index in [-0.39, 0.29) is 18.4 Å². The van der Waals surface area contributed by atoms with Gasteiger partial charge in [-0.3, -0.25) is 9.80 Å². The van der Waals surface area contributed by atoms with E-state index in [4.69, 9.17) is 23.7 Å². The molecule has 1 amide bonds. The highest BCUT2D eigenvalue weighted by molar-refractivity contribution is 6.01. The minimum atomic E-state index is -2.15. The van der Waals surface area contributed by atoms with E-state index in [9.17, 15) is 14.7 Å². The van der Waals surface area contributed by atoms with Crippen LogP contribution < -0.4 is 9.64 Å². The predicted octanol–water partition coefficient (Wildman–Crippen LogP) is 1.17. The molecule has 10 heteroatoms. The quantitative estimate of drug-likeness (QED) is 0.630. The molecule has 7 fully saturated rings. The second-order valence-electron chi connectivity index (χ2n) is 10.7. The summed E-state index contributed by atoms with van der Waals surface area (Å²) in [6.45, 7) is 0.713. The van der Waals surface area contributed by atoms with Crippen molar-refractivity contribution in [2.45, 2.75) is 66.7 Å². The highest BCUT2D eigenvalue weighted by atomic mass is 16.6. The third kappa shape index (κ3) is 1.84. The number of anilines is 1. The second-order valence-corrected chi connectivity index (χ2v) is 10.7. The Balaban J connectivity index is 1.65. The van der Waals surface area contributed by atoms with Crippen molar-refractivity contribution in [3.05, 3.63) is 23.8 Å². The number of piperidine rings is 1. The number of carbonyl (C=O) groups is 2. The summed E-state index contributed by atoms with van der Waals surface area (Å²) in [6.07, 6.45) is 0.209. The summed E-state index contributed by atoms with van der Waals surface area (Å²) in [5.74, 6) is -0.317. The second kappa shape index (κ2) is 6.47. The van der Waals surface area contributed by atoms with Crippen molar-refractivity contribution < 1.29 is 38.4 Å². The molecule has 0 unspecified atom stereocenters. The Morgan fingerprint density at radius 3 is 2.60 bits per heavy atom. The Morgan fingerprint density at radius 2 is 1.91 bits per heavy atom. The summed E-state index contributed by atoms with van der Waals surface area (Å²) in [7, 11) is 5.82. The van der Waals surface area contributed by atoms with Gasteiger partial charge in [0.05, 0.1) is 33.1 Å². The van der Waals surface area contributed by atoms with Crippen LogP contribution in [0.25, 0.3) is 0 Å². The van der Waals surface area contributed by atoms with Crippen LogP contribution >= 0.6 is 0 Å². The van der Waals surface area contributed by atoms with Gasteiger partial charge in [0.25, 0.3) is 0 Å². The molecule has 10 nitrogen and oxygen atoms in total. The zero-order valence-corrected chi connectivity index (χ0v) is 20.3. The van der Waals surface area contributed by atoms with Crippen molar-refractivity contribution in [1.29, 1.82) is 0 Å². The van der Waals surface area contributed by atoms with E-state index < -0.39 is 40.1 Å². The molecule has 35 heavy (non-hydrogen) atoms. The van der Waals surface area contributed by atoms with E-state index in [0.717, 1.165) is 5.56 Å². The Labute approximate surface area is 203 Å². The summed E-state index contributed by atoms with van der Waals surface area (Å²) in [6, 6.07) is 5.60. The molecule has 1 N–H and O–H groups in total. The molecule has 0 radical (unpaired) electrons. The van der Waals surface area contributed by atoms with Crippen LogP contribution in [0.1, 0.15) is 31.2 Å². The highest BCUT2D eigenvalue weighted by Crippen LogP contribution is 2.80. The molecular formula is C25H30N2O8. The van der Waals surface area contributed by atoms with E-state index >= 15 is 0 Å². The number of hydrogen-bond acceptors (Lipinski definition) is 9. The third-order valence-electron chi connectivity index (χ3n) is 10.3. The van der Waals surface area contributed by atoms with E-state index in [0.29, 0.717) is 43.7 Å². The van der Waals surface area contributed by atoms with Gasteiger partial charge in [0, 0.05) is 36.9 Å². The molecule has 9 rings (SSSR count). The fraction of sp³-hybridized carbons (Fsp3) is 0.680. The number of aliphatic hydroxyl groups is 1. The molecule has 1 aromatic carbocycles. The molecule has 8 aliphatic rings. The predicted molar refractivity (Wildman–Crippen MR) is 120 cm³/mol. The number of benzene rings is 1. The van der Waals surface area contributed by atoms with Gasteiger partial charge in [0.15, 0.2) is 0 Å². The lowest BCUT2D eigenvalue weighted by molar-refractivity contribution is -0.391. The van der Waals surface area contributed by atoms with Crippen LogP contribution in [0, 0.1) is 5.41 Å². The van der Waals surface area contributed by atoms with Crippen molar-refractivity contribution in [2.24, 2.45) is 5.41 Å². The minimum absolute atomic E-state index is 0.100. The zero-order chi connectivity index (χ0) is 24.5. The summed E-state index contributed by atoms with van der Waals surface area (Å²) >= 11 is 0. The monoisotopic (exact) mass is 486 g/mol. The first-order valence-electron chi connectivity index (χ1n) is 12.2. The van der Waals surface area contributed by atoms with Crippen LogP contribution in [0.4, 0.5) is 10.5 Å². The van der Waals surface area contributed by atoms with Crippen molar-refractivity contribution in [3.8, 4) is 5.75 Å². The Hall–Kier alpha value is -2.40. The van der Waals surface area contributed by atoms with E-state index in [1.807, 2.05) is 12.1 Å². The molecule has 8 atom stereocenters. The molecule has 4 saturated heterocycles. The standard InChI is InChI=1S/C25H30N2O8/c1-31-14-7-5-6-13-17(14)27(21(29)34-4)24-9-8-22-15(32-2)12-16(26-11-10-23(13,24)18(22)26)35-19(22)25(24,30)20(28)33-3/h5-7,15-16,18-19,30H,8-12H2,1-4H3/t15-,16+,18+,19+,22-,23-,24+,25-/m1/s1. The van der Waals surface area contributed by atoms with Crippen molar-refractivity contribution >= 4 is 17.7 Å². The maximum Gasteiger partial charge on any atom is 0.414 e. The molecule has 3 aliphatic carbocycles. The van der Waals surface area contributed by atoms with Gasteiger partial charge in [-0.2, -0.15) is 0 Å². The molecule has 5 aliphatic heterocycles. The number of hydrogen-bond donors (Lipinski definition) is 1. The number of amides is 1. The van der Waals surface area contributed by atoms with Crippen LogP contribution in [0.3, 0.4) is 0 Å². The van der Waals surface area contributed by atoms with Crippen molar-refractivity contribution in [1.82, 2.24) is 4.90 Å². The smallest absolute Gasteiger partial charge is 0.414 e. The molecule has 0 aromatic heterocycles. The Bertz CT molecular complexity index is 1160. The molecule has 3 spiro atoms. The first-order chi connectivity index (χ1) is 16.8. The maximum atomic E-state index is 13.8. The Morgan fingerprint density at radius 1 is 1.11 bits per heavy atom. The lowest BCUT2D eigenvalue weighted by Crippen LogP contribution is -2.95. The fourth-order valence-corrected chi connectivity index (χ4v) is 9.63. The lowest BCUT2D eigenvalue weighted by Gasteiger charge is -2.78. The molecule has 5 bridgehead atoms. The van der Waals surface area contributed by atoms with Gasteiger partial charge >= 0.3 is 12.1 Å². The lowest BCUT2D eigenvalue weighted by atomic mass is 9.35. The van der Waals surface area contributed by atoms with Crippen molar-refractivity contribution in [3.63, 3.8) is 0 Å². The SMILES string of the molecule is COC(=O)N1c2c(OC)cccc2[C@@]23CCN4[C@@H]5C[C@@H](OC)[C@]6(CC[C@]12[C@](O)(C(=O)OC)[C@H]6O5)[C@H]43. The van der Waals surface area contributed by atoms with Crippen LogP contribution in [0.15, 0.2) is 18.2 Å². The summed E-state index contributed by atoms with van der Waals surface area (Å²) in [4.78, 5) is 31.3. The maximum absolute atomic E-state index is 13.8. The molecule has 3 saturated carbocycles. The average Bonchev–Trinajstić information content (AvgIpc) is 3.45.